The van der Waals surface area contributed by atoms with E-state index in [2.05, 4.69) is 50.5 Å². The molecule has 0 fully saturated rings. The molecule has 0 aliphatic carbocycles. The molecule has 11 nitrogen and oxygen atoms in total. The summed E-state index contributed by atoms with van der Waals surface area (Å²) in [6, 6.07) is 2.62. The molecule has 2 aromatic carbocycles. The van der Waals surface area contributed by atoms with Crippen LogP contribution < -0.4 is 10.1 Å². The van der Waals surface area contributed by atoms with Gasteiger partial charge in [0.15, 0.2) is 6.61 Å². The summed E-state index contributed by atoms with van der Waals surface area (Å²) in [4.78, 5) is 64.1. The Labute approximate surface area is 271 Å². The van der Waals surface area contributed by atoms with Gasteiger partial charge in [-0.3, -0.25) is 29.4 Å². The van der Waals surface area contributed by atoms with Crippen LogP contribution in [-0.2, 0) is 14.3 Å². The lowest BCUT2D eigenvalue weighted by Crippen LogP contribution is -2.47. The van der Waals surface area contributed by atoms with Crippen molar-refractivity contribution in [3.63, 3.8) is 0 Å². The van der Waals surface area contributed by atoms with Crippen molar-refractivity contribution in [1.82, 2.24) is 4.90 Å². The van der Waals surface area contributed by atoms with Gasteiger partial charge in [-0.05, 0) is 115 Å². The average Bonchev–Trinajstić information content (AvgIpc) is 3.12. The van der Waals surface area contributed by atoms with Gasteiger partial charge in [0.1, 0.15) is 17.5 Å². The Morgan fingerprint density at radius 2 is 1.58 bits per heavy atom. The van der Waals surface area contributed by atoms with Crippen LogP contribution in [0.3, 0.4) is 0 Å². The molecule has 38 heavy (non-hydrogen) atoms. The molecule has 3 amide bonds. The van der Waals surface area contributed by atoms with Crippen molar-refractivity contribution in [2.45, 2.75) is 26.3 Å². The number of imide groups is 1. The third-order valence-electron chi connectivity index (χ3n) is 5.43. The van der Waals surface area contributed by atoms with E-state index >= 15 is 0 Å². The number of nitrogens with one attached hydrogen (secondary N) is 1. The molecule has 1 aliphatic rings. The molecule has 202 valence electrons. The van der Waals surface area contributed by atoms with E-state index in [9.17, 15) is 29.3 Å². The molecule has 0 saturated heterocycles. The number of benzene rings is 2. The maximum Gasteiger partial charge on any atom is 0.329 e. The fourth-order valence-electron chi connectivity index (χ4n) is 3.72. The molecule has 1 heterocycles. The molecule has 1 N–H and O–H groups in total. The monoisotopic (exact) mass is 973 g/mol. The Hall–Kier alpha value is -1.36. The zero-order valence-corrected chi connectivity index (χ0v) is 28.6. The minimum absolute atomic E-state index is 0.0916. The van der Waals surface area contributed by atoms with Gasteiger partial charge in [-0.1, -0.05) is 13.8 Å². The summed E-state index contributed by atoms with van der Waals surface area (Å²) in [6.45, 7) is 2.88. The molecular weight excluding hydrogens is 954 g/mol. The lowest BCUT2D eigenvalue weighted by atomic mass is 10.0. The lowest BCUT2D eigenvalue weighted by Gasteiger charge is -2.26. The molecule has 0 saturated carbocycles. The van der Waals surface area contributed by atoms with Crippen LogP contribution in [0.2, 0.25) is 0 Å². The van der Waals surface area contributed by atoms with Gasteiger partial charge in [0.05, 0.1) is 29.2 Å². The molecule has 2 aromatic rings. The van der Waals surface area contributed by atoms with Crippen LogP contribution in [0.25, 0.3) is 0 Å². The summed E-state index contributed by atoms with van der Waals surface area (Å²) < 4.78 is 13.1. The third kappa shape index (κ3) is 6.34. The summed E-state index contributed by atoms with van der Waals surface area (Å²) in [5, 5.41) is 13.7. The van der Waals surface area contributed by atoms with Crippen molar-refractivity contribution >= 4 is 125 Å². The molecule has 0 radical (unpaired) electrons. The Kier molecular flexibility index (Phi) is 10.6. The Bertz CT molecular complexity index is 1320. The topological polar surface area (TPSA) is 145 Å². The number of halogens is 4. The first-order valence-electron chi connectivity index (χ1n) is 10.8. The van der Waals surface area contributed by atoms with Crippen LogP contribution in [0.1, 0.15) is 41.0 Å². The molecule has 1 aliphatic heterocycles. The zero-order valence-electron chi connectivity index (χ0n) is 20.0. The van der Waals surface area contributed by atoms with E-state index in [1.54, 1.807) is 0 Å². The number of ether oxygens (including phenoxy) is 2. The number of anilines is 1. The molecule has 3 rings (SSSR count). The number of nitro groups is 1. The minimum Gasteiger partial charge on any atom is -0.496 e. The van der Waals surface area contributed by atoms with Gasteiger partial charge in [0, 0.05) is 14.3 Å². The van der Waals surface area contributed by atoms with E-state index in [-0.39, 0.29) is 34.9 Å². The molecule has 15 heteroatoms. The fourth-order valence-corrected chi connectivity index (χ4v) is 7.37. The number of methoxy groups -OCH3 is 1. The number of amides is 3. The van der Waals surface area contributed by atoms with Crippen LogP contribution in [0, 0.1) is 30.3 Å². The SMILES string of the molecule is COc1ccc(NC(=O)COC(=O)[C@H](CC(C)C)N2C(=O)c3c(I)c(I)c(I)c(I)c3C2=O)c([N+](=O)[O-])c1. The van der Waals surface area contributed by atoms with E-state index in [1.165, 1.54) is 19.2 Å². The van der Waals surface area contributed by atoms with Gasteiger partial charge in [0.2, 0.25) is 0 Å². The van der Waals surface area contributed by atoms with Gasteiger partial charge >= 0.3 is 5.97 Å². The predicted octanol–water partition coefficient (Wildman–Crippen LogP) is 5.21. The van der Waals surface area contributed by atoms with E-state index in [0.29, 0.717) is 7.14 Å². The molecule has 0 spiro atoms. The van der Waals surface area contributed by atoms with E-state index in [0.717, 1.165) is 18.1 Å². The van der Waals surface area contributed by atoms with Crippen molar-refractivity contribution in [3.05, 3.63) is 53.7 Å². The third-order valence-corrected chi connectivity index (χ3v) is 12.8. The standard InChI is InChI=1S/C23H19I4N3O8/c1-9(2)6-13(29-21(32)15-16(22(29)33)18(25)20(27)19(26)17(15)24)23(34)38-8-14(31)28-11-5-4-10(37-3)7-12(11)30(35)36/h4-5,7,9,13H,6,8H2,1-3H3,(H,28,31)/t13-/m0/s1. The largest absolute Gasteiger partial charge is 0.496 e. The highest BCUT2D eigenvalue weighted by molar-refractivity contribution is 14.1. The second kappa shape index (κ2) is 12.9. The highest BCUT2D eigenvalue weighted by Crippen LogP contribution is 2.39. The van der Waals surface area contributed by atoms with Crippen molar-refractivity contribution in [3.8, 4) is 5.75 Å². The van der Waals surface area contributed by atoms with Crippen molar-refractivity contribution in [2.75, 3.05) is 19.0 Å². The highest BCUT2D eigenvalue weighted by atomic mass is 127. The molecule has 0 aromatic heterocycles. The number of carbonyl (C=O) groups is 4. The number of hydrogen-bond acceptors (Lipinski definition) is 8. The first-order valence-corrected chi connectivity index (χ1v) is 15.1. The number of fused-ring (bicyclic) bond motifs is 1. The number of rotatable bonds is 9. The van der Waals surface area contributed by atoms with Gasteiger partial charge < -0.3 is 14.8 Å². The smallest absolute Gasteiger partial charge is 0.329 e. The molecular formula is C23H19I4N3O8. The van der Waals surface area contributed by atoms with Crippen molar-refractivity contribution in [2.24, 2.45) is 5.92 Å². The molecule has 0 bridgehead atoms. The number of hydrogen-bond donors (Lipinski definition) is 1. The first-order chi connectivity index (χ1) is 17.8. The van der Waals surface area contributed by atoms with Crippen LogP contribution in [0.15, 0.2) is 18.2 Å². The van der Waals surface area contributed by atoms with Crippen LogP contribution in [0.5, 0.6) is 5.75 Å². The number of esters is 1. The average molecular weight is 973 g/mol. The van der Waals surface area contributed by atoms with E-state index in [1.807, 2.05) is 59.0 Å². The Morgan fingerprint density at radius 3 is 2.05 bits per heavy atom. The maximum absolute atomic E-state index is 13.4. The van der Waals surface area contributed by atoms with Gasteiger partial charge in [-0.15, -0.1) is 0 Å². The van der Waals surface area contributed by atoms with Gasteiger partial charge in [-0.2, -0.15) is 0 Å². The Morgan fingerprint density at radius 1 is 1.03 bits per heavy atom. The fraction of sp³-hybridized carbons (Fsp3) is 0.304. The second-order valence-electron chi connectivity index (χ2n) is 8.43. The van der Waals surface area contributed by atoms with Gasteiger partial charge in [0.25, 0.3) is 23.4 Å². The van der Waals surface area contributed by atoms with Crippen LogP contribution >= 0.6 is 90.4 Å². The minimum atomic E-state index is -1.26. The summed E-state index contributed by atoms with van der Waals surface area (Å²) >= 11 is 8.27. The Balaban J connectivity index is 1.82. The van der Waals surface area contributed by atoms with E-state index < -0.39 is 47.0 Å². The number of carbonyl (C=O) groups excluding carboxylic acids is 4. The predicted molar refractivity (Wildman–Crippen MR) is 170 cm³/mol. The summed E-state index contributed by atoms with van der Waals surface area (Å²) in [5.74, 6) is -2.81. The van der Waals surface area contributed by atoms with Crippen molar-refractivity contribution in [1.29, 1.82) is 0 Å². The van der Waals surface area contributed by atoms with Gasteiger partial charge in [-0.25, -0.2) is 4.79 Å². The first kappa shape index (κ1) is 31.2. The maximum atomic E-state index is 13.4. The highest BCUT2D eigenvalue weighted by Gasteiger charge is 2.47. The summed E-state index contributed by atoms with van der Waals surface area (Å²) in [6.07, 6.45) is 0.122. The molecule has 0 unspecified atom stereocenters. The van der Waals surface area contributed by atoms with Crippen LogP contribution in [-0.4, -0.2) is 53.3 Å². The summed E-state index contributed by atoms with van der Waals surface area (Å²) in [5.41, 5.74) is -0.0163. The van der Waals surface area contributed by atoms with Crippen LogP contribution in [0.4, 0.5) is 11.4 Å². The number of nitro benzene ring substituents is 1. The normalized spacial score (nSPS) is 13.4. The molecule has 1 atom stereocenters. The zero-order chi connectivity index (χ0) is 28.5. The second-order valence-corrected chi connectivity index (χ2v) is 12.7. The van der Waals surface area contributed by atoms with Crippen molar-refractivity contribution < 1.29 is 33.6 Å². The summed E-state index contributed by atoms with van der Waals surface area (Å²) in [7, 11) is 1.35. The van der Waals surface area contributed by atoms with E-state index in [4.69, 9.17) is 9.47 Å². The quantitative estimate of drug-likeness (QED) is 0.0687. The number of nitrogens with zero attached hydrogens (tertiary/aromatic N) is 2. The lowest BCUT2D eigenvalue weighted by molar-refractivity contribution is -0.384.